The van der Waals surface area contributed by atoms with Gasteiger partial charge in [0.05, 0.1) is 0 Å². The van der Waals surface area contributed by atoms with Crippen LogP contribution in [0.25, 0.3) is 11.1 Å². The van der Waals surface area contributed by atoms with Crippen LogP contribution in [0, 0.1) is 5.92 Å². The zero-order valence-electron chi connectivity index (χ0n) is 15.2. The van der Waals surface area contributed by atoms with Crippen LogP contribution in [0.1, 0.15) is 44.1 Å². The number of rotatable bonds is 4. The first-order valence-corrected chi connectivity index (χ1v) is 10.2. The Labute approximate surface area is 161 Å². The SMILES string of the molecule is O=C1C(Cc2ccc(-c3ccccc3)c(Cl)c2)CCN1C1CCCCC1. The van der Waals surface area contributed by atoms with Crippen LogP contribution in [0.15, 0.2) is 48.5 Å². The predicted molar refractivity (Wildman–Crippen MR) is 107 cm³/mol. The minimum Gasteiger partial charge on any atom is -0.339 e. The van der Waals surface area contributed by atoms with E-state index in [2.05, 4.69) is 29.2 Å². The highest BCUT2D eigenvalue weighted by molar-refractivity contribution is 6.33. The lowest BCUT2D eigenvalue weighted by atomic mass is 9.93. The number of carbonyl (C=O) groups excluding carboxylic acids is 1. The molecule has 1 unspecified atom stereocenters. The molecule has 136 valence electrons. The van der Waals surface area contributed by atoms with Gasteiger partial charge in [0, 0.05) is 29.1 Å². The largest absolute Gasteiger partial charge is 0.339 e. The lowest BCUT2D eigenvalue weighted by Gasteiger charge is -2.31. The summed E-state index contributed by atoms with van der Waals surface area (Å²) in [6.45, 7) is 0.935. The standard InChI is InChI=1S/C23H26ClNO/c24-22-16-17(11-12-21(22)18-7-3-1-4-8-18)15-19-13-14-25(23(19)26)20-9-5-2-6-10-20/h1,3-4,7-8,11-12,16,19-20H,2,5-6,9-10,13-15H2. The van der Waals surface area contributed by atoms with E-state index in [9.17, 15) is 4.79 Å². The number of amides is 1. The van der Waals surface area contributed by atoms with Crippen molar-refractivity contribution >= 4 is 17.5 Å². The van der Waals surface area contributed by atoms with Crippen LogP contribution in [-0.4, -0.2) is 23.4 Å². The lowest BCUT2D eigenvalue weighted by molar-refractivity contribution is -0.133. The second-order valence-corrected chi connectivity index (χ2v) is 8.10. The number of hydrogen-bond donors (Lipinski definition) is 0. The zero-order chi connectivity index (χ0) is 17.9. The first kappa shape index (κ1) is 17.6. The van der Waals surface area contributed by atoms with Crippen LogP contribution in [0.3, 0.4) is 0 Å². The fraction of sp³-hybridized carbons (Fsp3) is 0.435. The molecule has 2 fully saturated rings. The third-order valence-electron chi connectivity index (χ3n) is 5.97. The molecule has 0 aromatic heterocycles. The fourth-order valence-corrected chi connectivity index (χ4v) is 4.84. The quantitative estimate of drug-likeness (QED) is 0.675. The molecule has 26 heavy (non-hydrogen) atoms. The molecule has 0 N–H and O–H groups in total. The van der Waals surface area contributed by atoms with E-state index < -0.39 is 0 Å². The van der Waals surface area contributed by atoms with Crippen molar-refractivity contribution in [3.05, 3.63) is 59.1 Å². The van der Waals surface area contributed by atoms with Gasteiger partial charge in [-0.05, 0) is 42.9 Å². The fourth-order valence-electron chi connectivity index (χ4n) is 4.53. The maximum Gasteiger partial charge on any atom is 0.226 e. The van der Waals surface area contributed by atoms with Gasteiger partial charge in [-0.25, -0.2) is 0 Å². The van der Waals surface area contributed by atoms with Gasteiger partial charge >= 0.3 is 0 Å². The summed E-state index contributed by atoms with van der Waals surface area (Å²) in [4.78, 5) is 15.0. The van der Waals surface area contributed by atoms with Crippen LogP contribution >= 0.6 is 11.6 Å². The molecule has 1 aliphatic heterocycles. The summed E-state index contributed by atoms with van der Waals surface area (Å²) in [6, 6.07) is 17.0. The number of benzene rings is 2. The molecule has 1 heterocycles. The predicted octanol–water partition coefficient (Wildman–Crippen LogP) is 5.73. The molecular formula is C23H26ClNO. The number of nitrogens with zero attached hydrogens (tertiary/aromatic N) is 1. The Morgan fingerprint density at radius 2 is 1.73 bits per heavy atom. The van der Waals surface area contributed by atoms with Gasteiger partial charge in [-0.1, -0.05) is 73.3 Å². The summed E-state index contributed by atoms with van der Waals surface area (Å²) in [6.07, 6.45) is 8.04. The topological polar surface area (TPSA) is 20.3 Å². The smallest absolute Gasteiger partial charge is 0.226 e. The van der Waals surface area contributed by atoms with Gasteiger partial charge < -0.3 is 4.90 Å². The van der Waals surface area contributed by atoms with Crippen molar-refractivity contribution in [2.75, 3.05) is 6.54 Å². The molecular weight excluding hydrogens is 342 g/mol. The second-order valence-electron chi connectivity index (χ2n) is 7.69. The molecule has 0 radical (unpaired) electrons. The van der Waals surface area contributed by atoms with Crippen molar-refractivity contribution in [1.29, 1.82) is 0 Å². The van der Waals surface area contributed by atoms with Gasteiger partial charge in [0.15, 0.2) is 0 Å². The van der Waals surface area contributed by atoms with Crippen molar-refractivity contribution in [2.45, 2.75) is 51.0 Å². The molecule has 0 spiro atoms. The minimum absolute atomic E-state index is 0.121. The van der Waals surface area contributed by atoms with Crippen molar-refractivity contribution in [1.82, 2.24) is 4.90 Å². The highest BCUT2D eigenvalue weighted by Crippen LogP contribution is 2.33. The van der Waals surface area contributed by atoms with E-state index in [0.717, 1.165) is 35.5 Å². The summed E-state index contributed by atoms with van der Waals surface area (Å²) in [5, 5.41) is 0.767. The van der Waals surface area contributed by atoms with Crippen LogP contribution in [-0.2, 0) is 11.2 Å². The second kappa shape index (κ2) is 7.84. The van der Waals surface area contributed by atoms with Crippen LogP contribution in [0.2, 0.25) is 5.02 Å². The van der Waals surface area contributed by atoms with E-state index in [1.165, 1.54) is 37.7 Å². The molecule has 4 rings (SSSR count). The average Bonchev–Trinajstić information content (AvgIpc) is 3.04. The first-order valence-electron chi connectivity index (χ1n) is 9.87. The number of likely N-dealkylation sites (tertiary alicyclic amines) is 1. The number of carbonyl (C=O) groups is 1. The molecule has 2 aliphatic rings. The Kier molecular flexibility index (Phi) is 5.31. The van der Waals surface area contributed by atoms with Gasteiger partial charge in [0.25, 0.3) is 0 Å². The Morgan fingerprint density at radius 3 is 2.46 bits per heavy atom. The maximum atomic E-state index is 12.9. The molecule has 1 saturated carbocycles. The van der Waals surface area contributed by atoms with Crippen molar-refractivity contribution in [3.63, 3.8) is 0 Å². The molecule has 2 aromatic rings. The molecule has 3 heteroatoms. The summed E-state index contributed by atoms with van der Waals surface area (Å²) in [5.41, 5.74) is 3.35. The summed E-state index contributed by atoms with van der Waals surface area (Å²) < 4.78 is 0. The number of halogens is 1. The molecule has 0 bridgehead atoms. The summed E-state index contributed by atoms with van der Waals surface area (Å²) in [7, 11) is 0. The van der Waals surface area contributed by atoms with Gasteiger partial charge in [-0.15, -0.1) is 0 Å². The van der Waals surface area contributed by atoms with Crippen LogP contribution in [0.5, 0.6) is 0 Å². The molecule has 2 aromatic carbocycles. The summed E-state index contributed by atoms with van der Waals surface area (Å²) in [5.74, 6) is 0.482. The molecule has 1 saturated heterocycles. The Morgan fingerprint density at radius 1 is 0.962 bits per heavy atom. The Bertz CT molecular complexity index is 767. The van der Waals surface area contributed by atoms with Crippen LogP contribution in [0.4, 0.5) is 0 Å². The van der Waals surface area contributed by atoms with Gasteiger partial charge in [-0.3, -0.25) is 4.79 Å². The van der Waals surface area contributed by atoms with E-state index in [-0.39, 0.29) is 5.92 Å². The van der Waals surface area contributed by atoms with Gasteiger partial charge in [0.1, 0.15) is 0 Å². The lowest BCUT2D eigenvalue weighted by Crippen LogP contribution is -2.39. The van der Waals surface area contributed by atoms with E-state index >= 15 is 0 Å². The molecule has 2 nitrogen and oxygen atoms in total. The molecule has 1 amide bonds. The van der Waals surface area contributed by atoms with E-state index in [4.69, 9.17) is 11.6 Å². The highest BCUT2D eigenvalue weighted by Gasteiger charge is 2.36. The Balaban J connectivity index is 1.44. The average molecular weight is 368 g/mol. The van der Waals surface area contributed by atoms with E-state index in [1.54, 1.807) is 0 Å². The van der Waals surface area contributed by atoms with E-state index in [0.29, 0.717) is 11.9 Å². The zero-order valence-corrected chi connectivity index (χ0v) is 15.9. The molecule has 1 atom stereocenters. The number of hydrogen-bond acceptors (Lipinski definition) is 1. The van der Waals surface area contributed by atoms with Crippen molar-refractivity contribution in [3.8, 4) is 11.1 Å². The normalized spacial score (nSPS) is 21.3. The minimum atomic E-state index is 0.121. The highest BCUT2D eigenvalue weighted by atomic mass is 35.5. The summed E-state index contributed by atoms with van der Waals surface area (Å²) >= 11 is 6.54. The van der Waals surface area contributed by atoms with Gasteiger partial charge in [-0.2, -0.15) is 0 Å². The van der Waals surface area contributed by atoms with Crippen molar-refractivity contribution in [2.24, 2.45) is 5.92 Å². The van der Waals surface area contributed by atoms with Crippen molar-refractivity contribution < 1.29 is 4.79 Å². The monoisotopic (exact) mass is 367 g/mol. The van der Waals surface area contributed by atoms with Gasteiger partial charge in [0.2, 0.25) is 5.91 Å². The first-order chi connectivity index (χ1) is 12.7. The third-order valence-corrected chi connectivity index (χ3v) is 6.28. The maximum absolute atomic E-state index is 12.9. The van der Waals surface area contributed by atoms with Crippen LogP contribution < -0.4 is 0 Å². The Hall–Kier alpha value is -1.80. The third kappa shape index (κ3) is 3.66. The molecule has 1 aliphatic carbocycles. The van der Waals surface area contributed by atoms with E-state index in [1.807, 2.05) is 24.3 Å².